The van der Waals surface area contributed by atoms with Gasteiger partial charge in [0.15, 0.2) is 0 Å². The fraction of sp³-hybridized carbons (Fsp3) is 0.417. The molecular weight excluding hydrogens is 296 g/mol. The van der Waals surface area contributed by atoms with E-state index in [9.17, 15) is 20.1 Å². The standard InChI is InChI=1S/C12H14O6S.Mg.2H/c13-8-5-18-12(10(15)9(8)14)19-7-3-1-6(2-4-7)11(16)17;;;/h1-4,8-10,12-15H,5H2,(H,16,17);;;/q;+2;2*-1/t8-,9+,10-,12+;;;/m1.../s1. The van der Waals surface area contributed by atoms with E-state index in [0.29, 0.717) is 4.90 Å². The molecule has 0 aromatic heterocycles. The summed E-state index contributed by atoms with van der Waals surface area (Å²) in [5.41, 5.74) is -0.529. The van der Waals surface area contributed by atoms with Gasteiger partial charge in [-0.2, -0.15) is 0 Å². The predicted molar refractivity (Wildman–Crippen MR) is 75.0 cm³/mol. The van der Waals surface area contributed by atoms with Crippen LogP contribution >= 0.6 is 11.8 Å². The van der Waals surface area contributed by atoms with Crippen LogP contribution in [0.5, 0.6) is 0 Å². The van der Waals surface area contributed by atoms with Crippen molar-refractivity contribution in [1.29, 1.82) is 0 Å². The van der Waals surface area contributed by atoms with Gasteiger partial charge in [0.1, 0.15) is 23.7 Å². The summed E-state index contributed by atoms with van der Waals surface area (Å²) >= 11 is 1.16. The van der Waals surface area contributed by atoms with Gasteiger partial charge in [0, 0.05) is 4.90 Å². The van der Waals surface area contributed by atoms with Crippen molar-refractivity contribution in [2.45, 2.75) is 28.6 Å². The first-order valence-electron chi connectivity index (χ1n) is 5.65. The summed E-state index contributed by atoms with van der Waals surface area (Å²) in [6, 6.07) is 6.10. The molecule has 20 heavy (non-hydrogen) atoms. The molecule has 0 unspecified atom stereocenters. The van der Waals surface area contributed by atoms with E-state index in [2.05, 4.69) is 0 Å². The van der Waals surface area contributed by atoms with Crippen LogP contribution < -0.4 is 0 Å². The minimum Gasteiger partial charge on any atom is -1.00 e. The fourth-order valence-corrected chi connectivity index (χ4v) is 2.70. The first-order valence-corrected chi connectivity index (χ1v) is 6.53. The van der Waals surface area contributed by atoms with Gasteiger partial charge in [-0.3, -0.25) is 0 Å². The van der Waals surface area contributed by atoms with Gasteiger partial charge in [-0.05, 0) is 24.3 Å². The minimum atomic E-state index is -1.25. The van der Waals surface area contributed by atoms with E-state index < -0.39 is 29.7 Å². The molecular formula is C12H16MgO6S. The van der Waals surface area contributed by atoms with E-state index in [1.54, 1.807) is 12.1 Å². The summed E-state index contributed by atoms with van der Waals surface area (Å²) in [5, 5.41) is 37.4. The zero-order chi connectivity index (χ0) is 14.0. The minimum absolute atomic E-state index is 0. The molecule has 1 aromatic rings. The molecule has 0 radical (unpaired) electrons. The number of thioether (sulfide) groups is 1. The average Bonchev–Trinajstić information content (AvgIpc) is 2.40. The number of ether oxygens (including phenoxy) is 1. The van der Waals surface area contributed by atoms with Crippen molar-refractivity contribution < 1.29 is 32.8 Å². The van der Waals surface area contributed by atoms with Crippen LogP contribution in [-0.4, -0.2) is 79.8 Å². The Labute approximate surface area is 138 Å². The van der Waals surface area contributed by atoms with E-state index in [-0.39, 0.29) is 38.1 Å². The van der Waals surface area contributed by atoms with Crippen molar-refractivity contribution in [3.63, 3.8) is 0 Å². The Kier molecular flexibility index (Phi) is 6.72. The molecule has 4 atom stereocenters. The number of hydrogen-bond donors (Lipinski definition) is 4. The second kappa shape index (κ2) is 7.60. The van der Waals surface area contributed by atoms with Gasteiger partial charge in [0.05, 0.1) is 12.2 Å². The molecule has 1 aromatic carbocycles. The molecule has 2 rings (SSSR count). The number of rotatable bonds is 3. The predicted octanol–water partition coefficient (Wildman–Crippen LogP) is -0.240. The van der Waals surface area contributed by atoms with Crippen LogP contribution in [0.4, 0.5) is 0 Å². The Balaban J connectivity index is 0. The van der Waals surface area contributed by atoms with Crippen molar-refractivity contribution >= 4 is 40.8 Å². The Hall–Kier alpha value is -0.354. The smallest absolute Gasteiger partial charge is 1.00 e. The Bertz CT molecular complexity index is 463. The fourth-order valence-electron chi connectivity index (χ4n) is 1.69. The molecule has 0 amide bonds. The van der Waals surface area contributed by atoms with E-state index in [1.165, 1.54) is 12.1 Å². The number of carboxylic acids is 1. The van der Waals surface area contributed by atoms with Gasteiger partial charge >= 0.3 is 29.0 Å². The molecule has 1 saturated heterocycles. The average molecular weight is 313 g/mol. The topological polar surface area (TPSA) is 107 Å². The number of carboxylic acid groups (broad SMARTS) is 1. The van der Waals surface area contributed by atoms with Crippen LogP contribution in [-0.2, 0) is 4.74 Å². The van der Waals surface area contributed by atoms with Crippen LogP contribution in [0.2, 0.25) is 0 Å². The third-order valence-electron chi connectivity index (χ3n) is 2.81. The summed E-state index contributed by atoms with van der Waals surface area (Å²) in [6.45, 7) is -0.0525. The molecule has 4 N–H and O–H groups in total. The van der Waals surface area contributed by atoms with Crippen molar-refractivity contribution in [2.75, 3.05) is 6.61 Å². The van der Waals surface area contributed by atoms with E-state index >= 15 is 0 Å². The number of benzene rings is 1. The second-order valence-electron chi connectivity index (χ2n) is 4.20. The number of carbonyl (C=O) groups is 1. The van der Waals surface area contributed by atoms with Gasteiger partial charge < -0.3 is 28.0 Å². The zero-order valence-electron chi connectivity index (χ0n) is 12.5. The van der Waals surface area contributed by atoms with Crippen molar-refractivity contribution in [3.8, 4) is 0 Å². The van der Waals surface area contributed by atoms with Crippen molar-refractivity contribution in [2.24, 2.45) is 0 Å². The van der Waals surface area contributed by atoms with Gasteiger partial charge in [-0.15, -0.1) is 0 Å². The van der Waals surface area contributed by atoms with Gasteiger partial charge in [-0.25, -0.2) is 4.79 Å². The molecule has 0 spiro atoms. The first-order chi connectivity index (χ1) is 8.99. The SMILES string of the molecule is O=C(O)c1ccc(S[C@@H]2OC[C@@H](O)[C@H](O)[C@H]2O)cc1.[H-].[H-].[Mg+2]. The largest absolute Gasteiger partial charge is 2.00 e. The summed E-state index contributed by atoms with van der Waals surface area (Å²) in [5.74, 6) is -1.01. The van der Waals surface area contributed by atoms with Gasteiger partial charge in [-0.1, -0.05) is 11.8 Å². The summed E-state index contributed by atoms with van der Waals surface area (Å²) < 4.78 is 5.24. The maximum atomic E-state index is 10.7. The normalized spacial score (nSPS) is 29.6. The Morgan fingerprint density at radius 2 is 1.80 bits per heavy atom. The molecule has 6 nitrogen and oxygen atoms in total. The van der Waals surface area contributed by atoms with Crippen LogP contribution in [0.25, 0.3) is 0 Å². The molecule has 1 heterocycles. The Morgan fingerprint density at radius 3 is 2.35 bits per heavy atom. The quantitative estimate of drug-likeness (QED) is 0.571. The maximum absolute atomic E-state index is 10.7. The van der Waals surface area contributed by atoms with Crippen LogP contribution in [0, 0.1) is 0 Å². The molecule has 1 aliphatic rings. The van der Waals surface area contributed by atoms with E-state index in [4.69, 9.17) is 9.84 Å². The zero-order valence-corrected chi connectivity index (χ0v) is 12.8. The molecule has 0 saturated carbocycles. The van der Waals surface area contributed by atoms with Crippen LogP contribution in [0.15, 0.2) is 29.2 Å². The molecule has 0 aliphatic carbocycles. The van der Waals surface area contributed by atoms with Crippen LogP contribution in [0.1, 0.15) is 13.2 Å². The van der Waals surface area contributed by atoms with Crippen LogP contribution in [0.3, 0.4) is 0 Å². The second-order valence-corrected chi connectivity index (χ2v) is 5.37. The molecule has 8 heteroatoms. The van der Waals surface area contributed by atoms with Crippen molar-refractivity contribution in [3.05, 3.63) is 29.8 Å². The summed E-state index contributed by atoms with van der Waals surface area (Å²) in [4.78, 5) is 11.4. The summed E-state index contributed by atoms with van der Waals surface area (Å²) in [7, 11) is 0. The number of aromatic carboxylic acids is 1. The van der Waals surface area contributed by atoms with E-state index in [1.807, 2.05) is 0 Å². The van der Waals surface area contributed by atoms with Gasteiger partial charge in [0.2, 0.25) is 0 Å². The number of hydrogen-bond acceptors (Lipinski definition) is 6. The molecule has 1 fully saturated rings. The van der Waals surface area contributed by atoms with E-state index in [0.717, 1.165) is 11.8 Å². The number of aliphatic hydroxyl groups is 3. The maximum Gasteiger partial charge on any atom is 2.00 e. The Morgan fingerprint density at radius 1 is 1.20 bits per heavy atom. The first kappa shape index (κ1) is 17.7. The third kappa shape index (κ3) is 4.07. The molecule has 0 bridgehead atoms. The van der Waals surface area contributed by atoms with Crippen molar-refractivity contribution in [1.82, 2.24) is 0 Å². The monoisotopic (exact) mass is 312 g/mol. The third-order valence-corrected chi connectivity index (χ3v) is 4.00. The van der Waals surface area contributed by atoms with Gasteiger partial charge in [0.25, 0.3) is 0 Å². The summed E-state index contributed by atoms with van der Waals surface area (Å²) in [6.07, 6.45) is -3.54. The number of aliphatic hydroxyl groups excluding tert-OH is 3. The molecule has 108 valence electrons. The molecule has 1 aliphatic heterocycles.